The van der Waals surface area contributed by atoms with Gasteiger partial charge in [0.1, 0.15) is 6.54 Å². The van der Waals surface area contributed by atoms with Gasteiger partial charge in [-0.1, -0.05) is 18.2 Å². The number of ether oxygens (including phenoxy) is 1. The summed E-state index contributed by atoms with van der Waals surface area (Å²) in [6.07, 6.45) is 0.743. The molecule has 0 aliphatic carbocycles. The molecule has 0 bridgehead atoms. The van der Waals surface area contributed by atoms with E-state index in [1.165, 1.54) is 4.90 Å². The molecule has 7 nitrogen and oxygen atoms in total. The van der Waals surface area contributed by atoms with Crippen molar-refractivity contribution in [3.8, 4) is 0 Å². The van der Waals surface area contributed by atoms with Gasteiger partial charge in [0.15, 0.2) is 0 Å². The molecule has 0 unspecified atom stereocenters. The summed E-state index contributed by atoms with van der Waals surface area (Å²) in [5.41, 5.74) is 0.546. The molecule has 1 aromatic carbocycles. The number of carboxylic acids is 1. The number of nitrogens with zero attached hydrogens (tertiary/aromatic N) is 1. The van der Waals surface area contributed by atoms with E-state index in [-0.39, 0.29) is 24.9 Å². The number of carbonyl (C=O) groups excluding carboxylic acids is 2. The Morgan fingerprint density at radius 1 is 1.25 bits per heavy atom. The van der Waals surface area contributed by atoms with E-state index in [1.54, 1.807) is 12.1 Å². The van der Waals surface area contributed by atoms with Crippen LogP contribution in [0.25, 0.3) is 0 Å². The summed E-state index contributed by atoms with van der Waals surface area (Å²) in [6, 6.07) is 7.27. The molecule has 2 aliphatic rings. The third kappa shape index (κ3) is 3.12. The van der Waals surface area contributed by atoms with Crippen molar-refractivity contribution in [3.63, 3.8) is 0 Å². The molecular formula is C17H20N2O5. The van der Waals surface area contributed by atoms with Crippen molar-refractivity contribution < 1.29 is 24.2 Å². The molecule has 0 spiro atoms. The first-order valence-electron chi connectivity index (χ1n) is 7.97. The Kier molecular flexibility index (Phi) is 4.53. The van der Waals surface area contributed by atoms with Gasteiger partial charge in [-0.05, 0) is 24.5 Å². The molecule has 1 aromatic rings. The summed E-state index contributed by atoms with van der Waals surface area (Å²) >= 11 is 0. The Morgan fingerprint density at radius 2 is 1.96 bits per heavy atom. The van der Waals surface area contributed by atoms with Crippen LogP contribution in [-0.2, 0) is 20.9 Å². The maximum absolute atomic E-state index is 12.2. The topological polar surface area (TPSA) is 95.9 Å². The highest BCUT2D eigenvalue weighted by molar-refractivity contribution is 6.00. The number of carbonyl (C=O) groups is 3. The summed E-state index contributed by atoms with van der Waals surface area (Å²) in [5, 5.41) is 12.2. The lowest BCUT2D eigenvalue weighted by Crippen LogP contribution is -2.48. The lowest BCUT2D eigenvalue weighted by atomic mass is 9.80. The average molecular weight is 332 g/mol. The fraction of sp³-hybridized carbons (Fsp3) is 0.471. The molecular weight excluding hydrogens is 312 g/mol. The van der Waals surface area contributed by atoms with Crippen LogP contribution in [0.1, 0.15) is 28.8 Å². The highest BCUT2D eigenvalue weighted by atomic mass is 16.5. The number of benzene rings is 1. The van der Waals surface area contributed by atoms with Crippen molar-refractivity contribution in [3.05, 3.63) is 35.4 Å². The van der Waals surface area contributed by atoms with E-state index in [4.69, 9.17) is 4.74 Å². The van der Waals surface area contributed by atoms with Gasteiger partial charge in [0.2, 0.25) is 5.91 Å². The van der Waals surface area contributed by atoms with Gasteiger partial charge in [0.05, 0.1) is 5.41 Å². The van der Waals surface area contributed by atoms with Crippen molar-refractivity contribution in [1.82, 2.24) is 10.2 Å². The van der Waals surface area contributed by atoms with Crippen molar-refractivity contribution in [2.24, 2.45) is 5.41 Å². The van der Waals surface area contributed by atoms with Crippen molar-refractivity contribution in [2.75, 3.05) is 26.3 Å². The molecule has 0 radical (unpaired) electrons. The van der Waals surface area contributed by atoms with Crippen LogP contribution in [0, 0.1) is 5.41 Å². The van der Waals surface area contributed by atoms with Crippen LogP contribution in [0.3, 0.4) is 0 Å². The second-order valence-corrected chi connectivity index (χ2v) is 6.29. The smallest absolute Gasteiger partial charge is 0.311 e. The zero-order chi connectivity index (χ0) is 17.2. The fourth-order valence-corrected chi connectivity index (χ4v) is 3.17. The molecule has 0 aromatic heterocycles. The molecule has 3 rings (SSSR count). The van der Waals surface area contributed by atoms with Crippen LogP contribution < -0.4 is 5.32 Å². The second kappa shape index (κ2) is 6.60. The number of carboxylic acid groups (broad SMARTS) is 1. The zero-order valence-electron chi connectivity index (χ0n) is 13.3. The minimum absolute atomic E-state index is 0.0551. The van der Waals surface area contributed by atoms with Gasteiger partial charge in [-0.15, -0.1) is 0 Å². The fourth-order valence-electron chi connectivity index (χ4n) is 3.17. The Labute approximate surface area is 139 Å². The van der Waals surface area contributed by atoms with Gasteiger partial charge in [-0.25, -0.2) is 0 Å². The molecule has 1 fully saturated rings. The summed E-state index contributed by atoms with van der Waals surface area (Å²) < 4.78 is 5.21. The molecule has 0 atom stereocenters. The van der Waals surface area contributed by atoms with Gasteiger partial charge < -0.3 is 20.1 Å². The Balaban J connectivity index is 1.57. The lowest BCUT2D eigenvalue weighted by Gasteiger charge is -2.33. The maximum atomic E-state index is 12.2. The average Bonchev–Trinajstić information content (AvgIpc) is 2.90. The van der Waals surface area contributed by atoms with Crippen LogP contribution >= 0.6 is 0 Å². The van der Waals surface area contributed by atoms with Crippen LogP contribution in [0.4, 0.5) is 0 Å². The molecule has 0 saturated carbocycles. The van der Waals surface area contributed by atoms with Gasteiger partial charge in [-0.2, -0.15) is 0 Å². The maximum Gasteiger partial charge on any atom is 0.311 e. The summed E-state index contributed by atoms with van der Waals surface area (Å²) in [7, 11) is 0. The van der Waals surface area contributed by atoms with Gasteiger partial charge in [0, 0.05) is 31.9 Å². The summed E-state index contributed by atoms with van der Waals surface area (Å²) in [5.74, 6) is -1.43. The normalized spacial score (nSPS) is 19.0. The molecule has 1 saturated heterocycles. The molecule has 2 heterocycles. The van der Waals surface area contributed by atoms with E-state index in [0.717, 1.165) is 5.56 Å². The monoisotopic (exact) mass is 332 g/mol. The Hall–Kier alpha value is -2.41. The predicted octanol–water partition coefficient (Wildman–Crippen LogP) is 0.640. The highest BCUT2D eigenvalue weighted by Crippen LogP contribution is 2.30. The number of hydrogen-bond donors (Lipinski definition) is 2. The van der Waals surface area contributed by atoms with Gasteiger partial charge >= 0.3 is 5.97 Å². The molecule has 128 valence electrons. The minimum atomic E-state index is -0.980. The van der Waals surface area contributed by atoms with E-state index >= 15 is 0 Å². The van der Waals surface area contributed by atoms with E-state index < -0.39 is 11.4 Å². The summed E-state index contributed by atoms with van der Waals surface area (Å²) in [6.45, 7) is 1.14. The molecule has 2 N–H and O–H groups in total. The van der Waals surface area contributed by atoms with E-state index in [0.29, 0.717) is 38.2 Å². The molecule has 24 heavy (non-hydrogen) atoms. The third-order valence-corrected chi connectivity index (χ3v) is 4.76. The lowest BCUT2D eigenvalue weighted by molar-refractivity contribution is -0.154. The van der Waals surface area contributed by atoms with Gasteiger partial charge in [-0.3, -0.25) is 14.4 Å². The highest BCUT2D eigenvalue weighted by Gasteiger charge is 2.40. The number of hydrogen-bond acceptors (Lipinski definition) is 4. The molecule has 7 heteroatoms. The number of aliphatic carboxylic acids is 1. The standard InChI is InChI=1S/C17H20N2O5/c20-14(18-11-17(16(22)23)5-7-24-8-6-17)10-19-9-12-3-1-2-4-13(12)15(19)21/h1-4H,5-11H2,(H,18,20)(H,22,23). The van der Waals surface area contributed by atoms with Crippen molar-refractivity contribution >= 4 is 17.8 Å². The number of amides is 2. The van der Waals surface area contributed by atoms with E-state index in [2.05, 4.69) is 5.32 Å². The van der Waals surface area contributed by atoms with Gasteiger partial charge in [0.25, 0.3) is 5.91 Å². The SMILES string of the molecule is O=C(CN1Cc2ccccc2C1=O)NCC1(C(=O)O)CCOCC1. The van der Waals surface area contributed by atoms with Crippen LogP contribution in [0.2, 0.25) is 0 Å². The van der Waals surface area contributed by atoms with Crippen LogP contribution in [0.15, 0.2) is 24.3 Å². The van der Waals surface area contributed by atoms with E-state index in [9.17, 15) is 19.5 Å². The third-order valence-electron chi connectivity index (χ3n) is 4.76. The van der Waals surface area contributed by atoms with Crippen LogP contribution in [-0.4, -0.2) is 54.1 Å². The number of nitrogens with one attached hydrogen (secondary N) is 1. The predicted molar refractivity (Wildman–Crippen MR) is 84.3 cm³/mol. The second-order valence-electron chi connectivity index (χ2n) is 6.29. The number of fused-ring (bicyclic) bond motifs is 1. The number of rotatable bonds is 5. The molecule has 2 aliphatic heterocycles. The van der Waals surface area contributed by atoms with Crippen LogP contribution in [0.5, 0.6) is 0 Å². The summed E-state index contributed by atoms with van der Waals surface area (Å²) in [4.78, 5) is 37.5. The van der Waals surface area contributed by atoms with Crippen molar-refractivity contribution in [2.45, 2.75) is 19.4 Å². The first-order valence-corrected chi connectivity index (χ1v) is 7.97. The van der Waals surface area contributed by atoms with E-state index in [1.807, 2.05) is 12.1 Å². The minimum Gasteiger partial charge on any atom is -0.481 e. The Bertz CT molecular complexity index is 667. The molecule has 2 amide bonds. The zero-order valence-corrected chi connectivity index (χ0v) is 13.3. The Morgan fingerprint density at radius 3 is 2.62 bits per heavy atom. The first-order chi connectivity index (χ1) is 11.5. The van der Waals surface area contributed by atoms with Crippen molar-refractivity contribution in [1.29, 1.82) is 0 Å². The largest absolute Gasteiger partial charge is 0.481 e. The quantitative estimate of drug-likeness (QED) is 0.825. The first kappa shape index (κ1) is 16.4.